The van der Waals surface area contributed by atoms with Crippen molar-refractivity contribution in [2.75, 3.05) is 0 Å². The van der Waals surface area contributed by atoms with E-state index in [1.165, 1.54) is 5.52 Å². The van der Waals surface area contributed by atoms with Gasteiger partial charge in [-0.25, -0.2) is 4.98 Å². The quantitative estimate of drug-likeness (QED) is 0.512. The minimum atomic E-state index is 1.02. The number of pyridine rings is 1. The van der Waals surface area contributed by atoms with E-state index >= 15 is 0 Å². The first-order valence-corrected chi connectivity index (χ1v) is 4.68. The smallest absolute Gasteiger partial charge is 0.137 e. The van der Waals surface area contributed by atoms with Crippen molar-refractivity contribution in [1.29, 1.82) is 0 Å². The highest BCUT2D eigenvalue weighted by atomic mass is 32.1. The van der Waals surface area contributed by atoms with E-state index in [9.17, 15) is 0 Å². The van der Waals surface area contributed by atoms with Crippen LogP contribution in [0.1, 0.15) is 0 Å². The maximum absolute atomic E-state index is 4.45. The zero-order valence-electron chi connectivity index (χ0n) is 6.27. The number of hydrogen-bond donors (Lipinski definition) is 0. The molecule has 0 fully saturated rings. The molecular formula is C9H6N2S. The third-order valence-corrected chi connectivity index (χ3v) is 2.67. The number of rotatable bonds is 0. The van der Waals surface area contributed by atoms with Crippen molar-refractivity contribution in [2.24, 2.45) is 0 Å². The molecule has 0 atom stereocenters. The van der Waals surface area contributed by atoms with Crippen molar-refractivity contribution in [3.8, 4) is 0 Å². The Morgan fingerprint density at radius 1 is 1.25 bits per heavy atom. The van der Waals surface area contributed by atoms with E-state index in [-0.39, 0.29) is 0 Å². The average Bonchev–Trinajstić information content (AvgIpc) is 2.62. The zero-order chi connectivity index (χ0) is 7.97. The standard InChI is InChI=1S/C9H6N2S/c1-2-4-11-8-6-12-5-7(8)10-9(11)3-1/h1-6H. The second-order valence-electron chi connectivity index (χ2n) is 2.68. The molecule has 0 bridgehead atoms. The van der Waals surface area contributed by atoms with Gasteiger partial charge in [-0.2, -0.15) is 0 Å². The fourth-order valence-electron chi connectivity index (χ4n) is 1.40. The van der Waals surface area contributed by atoms with E-state index in [0.717, 1.165) is 11.2 Å². The van der Waals surface area contributed by atoms with Crippen molar-refractivity contribution in [2.45, 2.75) is 0 Å². The Labute approximate surface area is 73.1 Å². The van der Waals surface area contributed by atoms with Gasteiger partial charge in [0.1, 0.15) is 11.2 Å². The number of fused-ring (bicyclic) bond motifs is 3. The van der Waals surface area contributed by atoms with Crippen LogP contribution in [0.2, 0.25) is 0 Å². The van der Waals surface area contributed by atoms with Crippen molar-refractivity contribution in [1.82, 2.24) is 9.38 Å². The first-order chi connectivity index (χ1) is 5.95. The molecule has 0 aliphatic rings. The van der Waals surface area contributed by atoms with Crippen LogP contribution in [0.25, 0.3) is 16.7 Å². The largest absolute Gasteiger partial charge is 0.299 e. The molecule has 3 heterocycles. The van der Waals surface area contributed by atoms with Crippen molar-refractivity contribution >= 4 is 28.0 Å². The highest BCUT2D eigenvalue weighted by molar-refractivity contribution is 7.09. The van der Waals surface area contributed by atoms with E-state index in [4.69, 9.17) is 0 Å². The molecule has 2 nitrogen and oxygen atoms in total. The molecule has 3 rings (SSSR count). The molecule has 58 valence electrons. The van der Waals surface area contributed by atoms with Gasteiger partial charge in [0.05, 0.1) is 5.52 Å². The molecule has 0 radical (unpaired) electrons. The molecule has 0 N–H and O–H groups in total. The minimum Gasteiger partial charge on any atom is -0.299 e. The Kier molecular flexibility index (Phi) is 1.07. The highest BCUT2D eigenvalue weighted by Crippen LogP contribution is 2.19. The number of nitrogens with zero attached hydrogens (tertiary/aromatic N) is 2. The van der Waals surface area contributed by atoms with Gasteiger partial charge < -0.3 is 0 Å². The summed E-state index contributed by atoms with van der Waals surface area (Å²) in [6.45, 7) is 0. The molecule has 0 saturated heterocycles. The van der Waals surface area contributed by atoms with Crippen molar-refractivity contribution < 1.29 is 0 Å². The van der Waals surface area contributed by atoms with Crippen LogP contribution in [-0.2, 0) is 0 Å². The molecule has 0 amide bonds. The number of hydrogen-bond acceptors (Lipinski definition) is 2. The van der Waals surface area contributed by atoms with E-state index in [0.29, 0.717) is 0 Å². The molecule has 3 aromatic rings. The lowest BCUT2D eigenvalue weighted by Gasteiger charge is -1.89. The molecule has 0 unspecified atom stereocenters. The molecule has 12 heavy (non-hydrogen) atoms. The van der Waals surface area contributed by atoms with Gasteiger partial charge in [0.2, 0.25) is 0 Å². The summed E-state index contributed by atoms with van der Waals surface area (Å²) in [6, 6.07) is 6.04. The maximum Gasteiger partial charge on any atom is 0.137 e. The third kappa shape index (κ3) is 0.662. The summed E-state index contributed by atoms with van der Waals surface area (Å²) in [4.78, 5) is 4.45. The Morgan fingerprint density at radius 3 is 3.25 bits per heavy atom. The van der Waals surface area contributed by atoms with E-state index in [2.05, 4.69) is 20.1 Å². The van der Waals surface area contributed by atoms with Crippen LogP contribution in [-0.4, -0.2) is 9.38 Å². The lowest BCUT2D eigenvalue weighted by atomic mass is 10.5. The number of imidazole rings is 1. The van der Waals surface area contributed by atoms with Crippen molar-refractivity contribution in [3.63, 3.8) is 0 Å². The van der Waals surface area contributed by atoms with E-state index < -0.39 is 0 Å². The van der Waals surface area contributed by atoms with E-state index in [1.807, 2.05) is 24.4 Å². The summed E-state index contributed by atoms with van der Waals surface area (Å²) in [5, 5.41) is 4.19. The third-order valence-electron chi connectivity index (χ3n) is 1.95. The van der Waals surface area contributed by atoms with E-state index in [1.54, 1.807) is 11.3 Å². The highest BCUT2D eigenvalue weighted by Gasteiger charge is 2.02. The number of aromatic nitrogens is 2. The molecule has 0 aliphatic carbocycles. The van der Waals surface area contributed by atoms with Gasteiger partial charge in [0.15, 0.2) is 0 Å². The molecule has 0 aromatic carbocycles. The predicted molar refractivity (Wildman–Crippen MR) is 50.6 cm³/mol. The van der Waals surface area contributed by atoms with Gasteiger partial charge in [-0.1, -0.05) is 6.07 Å². The van der Waals surface area contributed by atoms with Gasteiger partial charge >= 0.3 is 0 Å². The Bertz CT molecular complexity index is 534. The fraction of sp³-hybridized carbons (Fsp3) is 0. The lowest BCUT2D eigenvalue weighted by Crippen LogP contribution is -1.79. The van der Waals surface area contributed by atoms with Gasteiger partial charge in [0, 0.05) is 17.0 Å². The summed E-state index contributed by atoms with van der Waals surface area (Å²) in [5.74, 6) is 0. The Morgan fingerprint density at radius 2 is 2.25 bits per heavy atom. The van der Waals surface area contributed by atoms with Crippen LogP contribution in [0.5, 0.6) is 0 Å². The molecule has 0 aliphatic heterocycles. The summed E-state index contributed by atoms with van der Waals surface area (Å²) in [5.41, 5.74) is 3.32. The van der Waals surface area contributed by atoms with Gasteiger partial charge in [0.25, 0.3) is 0 Å². The molecule has 3 aromatic heterocycles. The maximum atomic E-state index is 4.45. The Balaban J connectivity index is 2.68. The lowest BCUT2D eigenvalue weighted by molar-refractivity contribution is 1.23. The molecule has 0 spiro atoms. The molecular weight excluding hydrogens is 168 g/mol. The van der Waals surface area contributed by atoms with Crippen LogP contribution in [0.3, 0.4) is 0 Å². The van der Waals surface area contributed by atoms with Crippen LogP contribution < -0.4 is 0 Å². The summed E-state index contributed by atoms with van der Waals surface area (Å²) >= 11 is 1.69. The average molecular weight is 174 g/mol. The topological polar surface area (TPSA) is 17.3 Å². The Hall–Kier alpha value is -1.35. The summed E-state index contributed by atoms with van der Waals surface area (Å²) in [7, 11) is 0. The van der Waals surface area contributed by atoms with Crippen LogP contribution >= 0.6 is 11.3 Å². The molecule has 0 saturated carbocycles. The first-order valence-electron chi connectivity index (χ1n) is 3.74. The van der Waals surface area contributed by atoms with Gasteiger partial charge in [-0.05, 0) is 12.1 Å². The van der Waals surface area contributed by atoms with Crippen LogP contribution in [0, 0.1) is 0 Å². The predicted octanol–water partition coefficient (Wildman–Crippen LogP) is 2.55. The zero-order valence-corrected chi connectivity index (χ0v) is 7.08. The van der Waals surface area contributed by atoms with Crippen molar-refractivity contribution in [3.05, 3.63) is 35.2 Å². The van der Waals surface area contributed by atoms with Crippen LogP contribution in [0.15, 0.2) is 35.2 Å². The first kappa shape index (κ1) is 6.20. The monoisotopic (exact) mass is 174 g/mol. The minimum absolute atomic E-state index is 1.02. The normalized spacial score (nSPS) is 11.3. The SMILES string of the molecule is c1ccn2c(c1)nc1cscc12. The summed E-state index contributed by atoms with van der Waals surface area (Å²) < 4.78 is 2.10. The second kappa shape index (κ2) is 2.08. The second-order valence-corrected chi connectivity index (χ2v) is 3.43. The van der Waals surface area contributed by atoms with Crippen LogP contribution in [0.4, 0.5) is 0 Å². The summed E-state index contributed by atoms with van der Waals surface area (Å²) in [6.07, 6.45) is 2.04. The number of thiophene rings is 1. The van der Waals surface area contributed by atoms with Gasteiger partial charge in [-0.15, -0.1) is 11.3 Å². The molecule has 3 heteroatoms. The van der Waals surface area contributed by atoms with Gasteiger partial charge in [-0.3, -0.25) is 4.40 Å². The fourth-order valence-corrected chi connectivity index (χ4v) is 2.13.